The molecule has 0 spiro atoms. The van der Waals surface area contributed by atoms with Gasteiger partial charge < -0.3 is 10.4 Å². The predicted octanol–water partition coefficient (Wildman–Crippen LogP) is 2.85. The first-order valence-corrected chi connectivity index (χ1v) is 6.64. The Morgan fingerprint density at radius 2 is 1.90 bits per heavy atom. The number of amides is 1. The van der Waals surface area contributed by atoms with Crippen molar-refractivity contribution in [1.82, 2.24) is 10.3 Å². The fourth-order valence-electron chi connectivity index (χ4n) is 1.68. The average Bonchev–Trinajstić information content (AvgIpc) is 2.46. The maximum Gasteiger partial charge on any atom is 0.253 e. The normalized spacial score (nSPS) is 11.9. The molecule has 4 nitrogen and oxygen atoms in total. The molecule has 6 heteroatoms. The van der Waals surface area contributed by atoms with Crippen LogP contribution in [-0.2, 0) is 0 Å². The summed E-state index contributed by atoms with van der Waals surface area (Å²) in [5.41, 5.74) is 1.15. The third kappa shape index (κ3) is 3.70. The number of aromatic nitrogens is 1. The number of hydrogen-bond donors (Lipinski definition) is 2. The molecule has 20 heavy (non-hydrogen) atoms. The van der Waals surface area contributed by atoms with Gasteiger partial charge in [-0.15, -0.1) is 0 Å². The predicted molar refractivity (Wildman–Crippen MR) is 78.0 cm³/mol. The van der Waals surface area contributed by atoms with E-state index in [9.17, 15) is 9.90 Å². The van der Waals surface area contributed by atoms with Crippen molar-refractivity contribution in [1.29, 1.82) is 0 Å². The van der Waals surface area contributed by atoms with Crippen LogP contribution in [0.1, 0.15) is 22.0 Å². The van der Waals surface area contributed by atoms with Gasteiger partial charge in [0.15, 0.2) is 0 Å². The third-order valence-corrected chi connectivity index (χ3v) is 3.23. The molecular weight excluding hydrogens is 299 g/mol. The Labute approximate surface area is 126 Å². The summed E-state index contributed by atoms with van der Waals surface area (Å²) < 4.78 is 0. The largest absolute Gasteiger partial charge is 0.394 e. The molecule has 0 fully saturated rings. The van der Waals surface area contributed by atoms with Gasteiger partial charge in [-0.1, -0.05) is 35.3 Å². The number of rotatable bonds is 4. The molecule has 0 saturated heterocycles. The molecule has 1 aromatic carbocycles. The Hall–Kier alpha value is -1.62. The molecule has 2 aromatic rings. The van der Waals surface area contributed by atoms with Crippen LogP contribution in [0.5, 0.6) is 0 Å². The summed E-state index contributed by atoms with van der Waals surface area (Å²) in [5, 5.41) is 13.0. The van der Waals surface area contributed by atoms with Gasteiger partial charge in [0, 0.05) is 11.2 Å². The number of pyridine rings is 1. The van der Waals surface area contributed by atoms with Crippen molar-refractivity contribution in [3.05, 3.63) is 63.9 Å². The second-order valence-corrected chi connectivity index (χ2v) is 4.95. The van der Waals surface area contributed by atoms with Crippen LogP contribution in [0.4, 0.5) is 0 Å². The number of benzene rings is 1. The number of aliphatic hydroxyl groups excluding tert-OH is 1. The molecule has 2 rings (SSSR count). The van der Waals surface area contributed by atoms with Gasteiger partial charge in [0.2, 0.25) is 0 Å². The van der Waals surface area contributed by atoms with E-state index in [1.807, 2.05) is 0 Å². The number of nitrogens with zero attached hydrogens (tertiary/aromatic N) is 1. The minimum absolute atomic E-state index is 0.214. The van der Waals surface area contributed by atoms with E-state index in [0.717, 1.165) is 5.56 Å². The first-order chi connectivity index (χ1) is 9.60. The minimum atomic E-state index is -0.504. The minimum Gasteiger partial charge on any atom is -0.394 e. The van der Waals surface area contributed by atoms with E-state index in [2.05, 4.69) is 10.3 Å². The first kappa shape index (κ1) is 14.8. The molecule has 1 amide bonds. The summed E-state index contributed by atoms with van der Waals surface area (Å²) in [5.74, 6) is -0.330. The monoisotopic (exact) mass is 310 g/mol. The molecular formula is C14H12Cl2N2O2. The fourth-order valence-corrected chi connectivity index (χ4v) is 1.92. The van der Waals surface area contributed by atoms with E-state index in [0.29, 0.717) is 15.7 Å². The molecule has 0 saturated carbocycles. The van der Waals surface area contributed by atoms with Crippen LogP contribution in [0.15, 0.2) is 42.6 Å². The molecule has 1 atom stereocenters. The smallest absolute Gasteiger partial charge is 0.253 e. The number of aliphatic hydroxyl groups is 1. The van der Waals surface area contributed by atoms with Crippen molar-refractivity contribution in [3.63, 3.8) is 0 Å². The zero-order chi connectivity index (χ0) is 14.5. The van der Waals surface area contributed by atoms with Crippen molar-refractivity contribution >= 4 is 29.1 Å². The Morgan fingerprint density at radius 3 is 2.45 bits per heavy atom. The highest BCUT2D eigenvalue weighted by molar-refractivity contribution is 6.30. The van der Waals surface area contributed by atoms with Crippen LogP contribution in [-0.4, -0.2) is 22.6 Å². The van der Waals surface area contributed by atoms with Crippen molar-refractivity contribution in [2.75, 3.05) is 6.61 Å². The van der Waals surface area contributed by atoms with E-state index in [1.165, 1.54) is 12.3 Å². The lowest BCUT2D eigenvalue weighted by molar-refractivity contribution is 0.0916. The van der Waals surface area contributed by atoms with Crippen molar-refractivity contribution in [3.8, 4) is 0 Å². The molecule has 0 aliphatic rings. The summed E-state index contributed by atoms with van der Waals surface area (Å²) in [6, 6.07) is 9.52. The molecule has 2 N–H and O–H groups in total. The molecule has 0 aliphatic heterocycles. The molecule has 1 heterocycles. The van der Waals surface area contributed by atoms with Crippen LogP contribution in [0.3, 0.4) is 0 Å². The number of nitrogens with one attached hydrogen (secondary N) is 1. The summed E-state index contributed by atoms with van der Waals surface area (Å²) >= 11 is 11.5. The number of hydrogen-bond acceptors (Lipinski definition) is 3. The average molecular weight is 311 g/mol. The lowest BCUT2D eigenvalue weighted by Crippen LogP contribution is -2.30. The van der Waals surface area contributed by atoms with Gasteiger partial charge >= 0.3 is 0 Å². The molecule has 1 unspecified atom stereocenters. The molecule has 1 aromatic heterocycles. The Kier molecular flexibility index (Phi) is 4.95. The van der Waals surface area contributed by atoms with E-state index >= 15 is 0 Å². The molecule has 0 radical (unpaired) electrons. The maximum absolute atomic E-state index is 12.0. The molecule has 0 aliphatic carbocycles. The molecule has 104 valence electrons. The highest BCUT2D eigenvalue weighted by Crippen LogP contribution is 2.17. The number of halogens is 2. The highest BCUT2D eigenvalue weighted by atomic mass is 35.5. The fraction of sp³-hybridized carbons (Fsp3) is 0.143. The van der Waals surface area contributed by atoms with Crippen LogP contribution in [0, 0.1) is 0 Å². The zero-order valence-corrected chi connectivity index (χ0v) is 11.9. The summed E-state index contributed by atoms with van der Waals surface area (Å²) in [7, 11) is 0. The van der Waals surface area contributed by atoms with Gasteiger partial charge in [0.05, 0.1) is 18.2 Å². The Balaban J connectivity index is 2.11. The Bertz CT molecular complexity index is 585. The van der Waals surface area contributed by atoms with Gasteiger partial charge in [0.25, 0.3) is 5.91 Å². The van der Waals surface area contributed by atoms with Crippen molar-refractivity contribution in [2.24, 2.45) is 0 Å². The van der Waals surface area contributed by atoms with E-state index in [1.54, 1.807) is 30.3 Å². The zero-order valence-electron chi connectivity index (χ0n) is 10.4. The maximum atomic E-state index is 12.0. The lowest BCUT2D eigenvalue weighted by atomic mass is 10.1. The van der Waals surface area contributed by atoms with E-state index in [4.69, 9.17) is 23.2 Å². The topological polar surface area (TPSA) is 62.2 Å². The van der Waals surface area contributed by atoms with Crippen molar-refractivity contribution < 1.29 is 9.90 Å². The third-order valence-electron chi connectivity index (χ3n) is 2.75. The molecule has 0 bridgehead atoms. The second kappa shape index (κ2) is 6.70. The van der Waals surface area contributed by atoms with Gasteiger partial charge in [-0.05, 0) is 29.8 Å². The van der Waals surface area contributed by atoms with Gasteiger partial charge in [0.1, 0.15) is 5.15 Å². The van der Waals surface area contributed by atoms with Crippen LogP contribution in [0.25, 0.3) is 0 Å². The van der Waals surface area contributed by atoms with Crippen LogP contribution < -0.4 is 5.32 Å². The second-order valence-electron chi connectivity index (χ2n) is 4.13. The van der Waals surface area contributed by atoms with Gasteiger partial charge in [-0.2, -0.15) is 0 Å². The van der Waals surface area contributed by atoms with Crippen LogP contribution in [0.2, 0.25) is 10.2 Å². The lowest BCUT2D eigenvalue weighted by Gasteiger charge is -2.16. The van der Waals surface area contributed by atoms with E-state index in [-0.39, 0.29) is 12.5 Å². The van der Waals surface area contributed by atoms with Gasteiger partial charge in [-0.25, -0.2) is 4.98 Å². The Morgan fingerprint density at radius 1 is 1.20 bits per heavy atom. The van der Waals surface area contributed by atoms with Crippen molar-refractivity contribution in [2.45, 2.75) is 6.04 Å². The summed E-state index contributed by atoms with van der Waals surface area (Å²) in [6.45, 7) is -0.214. The number of carbonyl (C=O) groups is 1. The standard InChI is InChI=1S/C14H12Cl2N2O2/c15-11-4-1-9(2-5-11)12(8-19)18-14(20)10-3-6-13(16)17-7-10/h1-7,12,19H,8H2,(H,18,20). The SMILES string of the molecule is O=C(NC(CO)c1ccc(Cl)cc1)c1ccc(Cl)nc1. The van der Waals surface area contributed by atoms with E-state index < -0.39 is 6.04 Å². The quantitative estimate of drug-likeness (QED) is 0.854. The highest BCUT2D eigenvalue weighted by Gasteiger charge is 2.15. The number of carbonyl (C=O) groups excluding carboxylic acids is 1. The first-order valence-electron chi connectivity index (χ1n) is 5.89. The summed E-state index contributed by atoms with van der Waals surface area (Å²) in [4.78, 5) is 15.9. The van der Waals surface area contributed by atoms with Gasteiger partial charge in [-0.3, -0.25) is 4.79 Å². The van der Waals surface area contributed by atoms with Crippen LogP contribution >= 0.6 is 23.2 Å². The summed E-state index contributed by atoms with van der Waals surface area (Å²) in [6.07, 6.45) is 1.38.